The number of benzene rings is 1. The average Bonchev–Trinajstić information content (AvgIpc) is 3.26. The Morgan fingerprint density at radius 1 is 1.00 bits per heavy atom. The van der Waals surface area contributed by atoms with Gasteiger partial charge in [-0.25, -0.2) is 9.78 Å². The van der Waals surface area contributed by atoms with Gasteiger partial charge in [0.05, 0.1) is 34.3 Å². The molecule has 0 aliphatic rings. The largest absolute Gasteiger partial charge is 0.491 e. The predicted molar refractivity (Wildman–Crippen MR) is 123 cm³/mol. The van der Waals surface area contributed by atoms with Gasteiger partial charge in [-0.3, -0.25) is 0 Å². The molecular weight excluding hydrogens is 412 g/mol. The fourth-order valence-electron chi connectivity index (χ4n) is 3.36. The van der Waals surface area contributed by atoms with E-state index in [0.29, 0.717) is 11.6 Å². The second kappa shape index (κ2) is 8.43. The van der Waals surface area contributed by atoms with Crippen molar-refractivity contribution in [1.29, 1.82) is 0 Å². The van der Waals surface area contributed by atoms with Gasteiger partial charge in [0.2, 0.25) is 5.88 Å². The van der Waals surface area contributed by atoms with Gasteiger partial charge in [-0.05, 0) is 75.7 Å². The zero-order valence-electron chi connectivity index (χ0n) is 17.8. The molecule has 4 rings (SSSR count). The fraction of sp³-hybridized carbons (Fsp3) is 0.250. The summed E-state index contributed by atoms with van der Waals surface area (Å²) in [5, 5.41) is 9.73. The number of aromatic carboxylic acids is 1. The summed E-state index contributed by atoms with van der Waals surface area (Å²) in [6.07, 6.45) is 1.78. The standard InChI is InChI=1S/C24H24N2O4S/c1-14(2)29-18-8-5-16(6-9-18)21-11-19-22(31-21)12-20(24(27)28)26(19)17-7-10-23(25-13-17)30-15(3)4/h5-15H,1-4H3,(H,27,28). The van der Waals surface area contributed by atoms with E-state index in [1.807, 2.05) is 64.1 Å². The van der Waals surface area contributed by atoms with Crippen molar-refractivity contribution in [2.45, 2.75) is 39.9 Å². The van der Waals surface area contributed by atoms with Crippen LogP contribution >= 0.6 is 11.3 Å². The molecule has 0 saturated carbocycles. The molecule has 0 amide bonds. The molecule has 4 aromatic rings. The quantitative estimate of drug-likeness (QED) is 0.383. The van der Waals surface area contributed by atoms with E-state index >= 15 is 0 Å². The van der Waals surface area contributed by atoms with Crippen LogP contribution < -0.4 is 9.47 Å². The van der Waals surface area contributed by atoms with Crippen LogP contribution in [0.25, 0.3) is 26.3 Å². The van der Waals surface area contributed by atoms with Crippen molar-refractivity contribution in [3.63, 3.8) is 0 Å². The molecule has 3 heterocycles. The molecule has 0 spiro atoms. The molecule has 0 saturated heterocycles. The Morgan fingerprint density at radius 2 is 1.71 bits per heavy atom. The second-order valence-corrected chi connectivity index (χ2v) is 8.83. The summed E-state index contributed by atoms with van der Waals surface area (Å²) >= 11 is 1.56. The lowest BCUT2D eigenvalue weighted by Crippen LogP contribution is -2.09. The van der Waals surface area contributed by atoms with E-state index < -0.39 is 5.97 Å². The van der Waals surface area contributed by atoms with Crippen LogP contribution in [0.2, 0.25) is 0 Å². The van der Waals surface area contributed by atoms with Crippen LogP contribution in [0, 0.1) is 0 Å². The average molecular weight is 437 g/mol. The smallest absolute Gasteiger partial charge is 0.352 e. The highest BCUT2D eigenvalue weighted by Crippen LogP contribution is 2.37. The molecule has 0 fully saturated rings. The van der Waals surface area contributed by atoms with E-state index in [4.69, 9.17) is 9.47 Å². The topological polar surface area (TPSA) is 73.6 Å². The lowest BCUT2D eigenvalue weighted by Gasteiger charge is -2.11. The molecule has 6 nitrogen and oxygen atoms in total. The van der Waals surface area contributed by atoms with Crippen molar-refractivity contribution < 1.29 is 19.4 Å². The van der Waals surface area contributed by atoms with Crippen molar-refractivity contribution in [2.24, 2.45) is 0 Å². The SMILES string of the molecule is CC(C)Oc1ccc(-c2cc3c(cc(C(=O)O)n3-c3ccc(OC(C)C)nc3)s2)cc1. The van der Waals surface area contributed by atoms with Crippen LogP contribution in [-0.4, -0.2) is 32.8 Å². The van der Waals surface area contributed by atoms with Gasteiger partial charge < -0.3 is 19.1 Å². The molecule has 1 N–H and O–H groups in total. The zero-order chi connectivity index (χ0) is 22.1. The summed E-state index contributed by atoms with van der Waals surface area (Å²) in [7, 11) is 0. The number of thiophene rings is 1. The van der Waals surface area contributed by atoms with Gasteiger partial charge >= 0.3 is 5.97 Å². The monoisotopic (exact) mass is 436 g/mol. The highest BCUT2D eigenvalue weighted by molar-refractivity contribution is 7.22. The summed E-state index contributed by atoms with van der Waals surface area (Å²) in [5.74, 6) is 0.351. The van der Waals surface area contributed by atoms with Gasteiger partial charge in [-0.15, -0.1) is 11.3 Å². The van der Waals surface area contributed by atoms with Crippen molar-refractivity contribution in [3.05, 3.63) is 60.4 Å². The first-order valence-corrected chi connectivity index (χ1v) is 10.9. The van der Waals surface area contributed by atoms with Crippen molar-refractivity contribution in [2.75, 3.05) is 0 Å². The number of hydrogen-bond donors (Lipinski definition) is 1. The lowest BCUT2D eigenvalue weighted by atomic mass is 10.2. The third-order valence-electron chi connectivity index (χ3n) is 4.55. The van der Waals surface area contributed by atoms with E-state index in [1.165, 1.54) is 0 Å². The van der Waals surface area contributed by atoms with Gasteiger partial charge in [-0.1, -0.05) is 0 Å². The minimum absolute atomic E-state index is 0.0166. The minimum Gasteiger partial charge on any atom is -0.491 e. The Labute approximate surface area is 184 Å². The second-order valence-electron chi connectivity index (χ2n) is 7.74. The maximum absolute atomic E-state index is 11.9. The Kier molecular flexibility index (Phi) is 5.69. The number of nitrogens with zero attached hydrogens (tertiary/aromatic N) is 2. The molecule has 160 valence electrons. The summed E-state index contributed by atoms with van der Waals surface area (Å²) in [6.45, 7) is 7.86. The Bertz CT molecular complexity index is 1210. The van der Waals surface area contributed by atoms with Crippen molar-refractivity contribution in [1.82, 2.24) is 9.55 Å². The minimum atomic E-state index is -0.984. The number of rotatable bonds is 7. The molecular formula is C24H24N2O4S. The third-order valence-corrected chi connectivity index (χ3v) is 5.68. The van der Waals surface area contributed by atoms with Crippen LogP contribution in [0.4, 0.5) is 0 Å². The van der Waals surface area contributed by atoms with Crippen molar-refractivity contribution in [3.8, 4) is 27.8 Å². The van der Waals surface area contributed by atoms with Crippen LogP contribution in [-0.2, 0) is 0 Å². The van der Waals surface area contributed by atoms with Gasteiger partial charge in [0.15, 0.2) is 0 Å². The number of carbonyl (C=O) groups is 1. The summed E-state index contributed by atoms with van der Waals surface area (Å²) in [6, 6.07) is 15.2. The molecule has 3 aromatic heterocycles. The Hall–Kier alpha value is -3.32. The number of ether oxygens (including phenoxy) is 2. The maximum Gasteiger partial charge on any atom is 0.352 e. The fourth-order valence-corrected chi connectivity index (χ4v) is 4.44. The van der Waals surface area contributed by atoms with E-state index in [-0.39, 0.29) is 17.9 Å². The van der Waals surface area contributed by atoms with E-state index in [0.717, 1.165) is 26.4 Å². The molecule has 0 atom stereocenters. The van der Waals surface area contributed by atoms with Crippen LogP contribution in [0.3, 0.4) is 0 Å². The van der Waals surface area contributed by atoms with Gasteiger partial charge in [0.1, 0.15) is 11.4 Å². The number of carboxylic acids is 1. The summed E-state index contributed by atoms with van der Waals surface area (Å²) in [5.41, 5.74) is 2.76. The van der Waals surface area contributed by atoms with Crippen LogP contribution in [0.5, 0.6) is 11.6 Å². The predicted octanol–water partition coefficient (Wildman–Crippen LogP) is 6.03. The molecule has 31 heavy (non-hydrogen) atoms. The number of fused-ring (bicyclic) bond motifs is 1. The first-order chi connectivity index (χ1) is 14.8. The third kappa shape index (κ3) is 4.41. The molecule has 0 aliphatic heterocycles. The van der Waals surface area contributed by atoms with Crippen LogP contribution in [0.15, 0.2) is 54.7 Å². The van der Waals surface area contributed by atoms with Crippen LogP contribution in [0.1, 0.15) is 38.2 Å². The zero-order valence-corrected chi connectivity index (χ0v) is 18.6. The first-order valence-electron chi connectivity index (χ1n) is 10.1. The molecule has 0 aliphatic carbocycles. The maximum atomic E-state index is 11.9. The highest BCUT2D eigenvalue weighted by atomic mass is 32.1. The van der Waals surface area contributed by atoms with E-state index in [1.54, 1.807) is 34.2 Å². The lowest BCUT2D eigenvalue weighted by molar-refractivity contribution is 0.0688. The Balaban J connectivity index is 1.73. The summed E-state index contributed by atoms with van der Waals surface area (Å²) in [4.78, 5) is 17.3. The molecule has 0 bridgehead atoms. The number of aromatic nitrogens is 2. The first kappa shape index (κ1) is 20.9. The number of pyridine rings is 1. The molecule has 0 unspecified atom stereocenters. The molecule has 7 heteroatoms. The van der Waals surface area contributed by atoms with E-state index in [2.05, 4.69) is 4.98 Å². The number of carboxylic acid groups (broad SMARTS) is 1. The molecule has 0 radical (unpaired) electrons. The van der Waals surface area contributed by atoms with E-state index in [9.17, 15) is 9.90 Å². The van der Waals surface area contributed by atoms with Gasteiger partial charge in [0.25, 0.3) is 0 Å². The van der Waals surface area contributed by atoms with Crippen molar-refractivity contribution >= 4 is 27.5 Å². The van der Waals surface area contributed by atoms with Gasteiger partial charge in [-0.2, -0.15) is 0 Å². The highest BCUT2D eigenvalue weighted by Gasteiger charge is 2.19. The molecule has 1 aromatic carbocycles. The number of hydrogen-bond acceptors (Lipinski definition) is 5. The summed E-state index contributed by atoms with van der Waals surface area (Å²) < 4.78 is 13.9. The Morgan fingerprint density at radius 3 is 2.29 bits per heavy atom. The normalized spacial score (nSPS) is 11.4. The van der Waals surface area contributed by atoms with Gasteiger partial charge in [0, 0.05) is 10.9 Å².